The Balaban J connectivity index is 1.93. The molecular formula is C12H14FNO3. The van der Waals surface area contributed by atoms with Crippen LogP contribution in [-0.2, 0) is 4.79 Å². The maximum Gasteiger partial charge on any atom is 0.346 e. The monoisotopic (exact) mass is 239 g/mol. The third-order valence-electron chi connectivity index (χ3n) is 2.52. The van der Waals surface area contributed by atoms with Crippen molar-refractivity contribution in [3.05, 3.63) is 30.1 Å². The number of nitrogens with one attached hydrogen (secondary N) is 1. The molecule has 5 heteroatoms. The highest BCUT2D eigenvalue weighted by Gasteiger charge is 2.25. The third-order valence-corrected chi connectivity index (χ3v) is 2.52. The molecule has 1 atom stereocenters. The summed E-state index contributed by atoms with van der Waals surface area (Å²) in [5, 5.41) is 12.1. The van der Waals surface area contributed by atoms with Crippen molar-refractivity contribution in [3.63, 3.8) is 0 Å². The summed E-state index contributed by atoms with van der Waals surface area (Å²) in [4.78, 5) is 11.0. The molecule has 1 aromatic rings. The van der Waals surface area contributed by atoms with E-state index in [1.54, 1.807) is 0 Å². The van der Waals surface area contributed by atoms with E-state index in [0.717, 1.165) is 12.8 Å². The van der Waals surface area contributed by atoms with E-state index in [1.807, 2.05) is 0 Å². The van der Waals surface area contributed by atoms with Crippen molar-refractivity contribution in [2.24, 2.45) is 0 Å². The molecule has 0 saturated heterocycles. The van der Waals surface area contributed by atoms with Crippen LogP contribution in [0.2, 0.25) is 0 Å². The number of carboxylic acid groups (broad SMARTS) is 1. The van der Waals surface area contributed by atoms with Gasteiger partial charge in [-0.15, -0.1) is 0 Å². The van der Waals surface area contributed by atoms with Crippen molar-refractivity contribution in [1.29, 1.82) is 0 Å². The lowest BCUT2D eigenvalue weighted by molar-refractivity contribution is -0.144. The normalized spacial score (nSPS) is 16.5. The molecule has 4 nitrogen and oxygen atoms in total. The molecule has 2 rings (SSSR count). The van der Waals surface area contributed by atoms with Crippen LogP contribution in [0.4, 0.5) is 4.39 Å². The average Bonchev–Trinajstić information content (AvgIpc) is 3.07. The summed E-state index contributed by atoms with van der Waals surface area (Å²) in [6.07, 6.45) is 1.16. The Labute approximate surface area is 98.4 Å². The number of hydrogen-bond donors (Lipinski definition) is 2. The van der Waals surface area contributed by atoms with Crippen LogP contribution >= 0.6 is 0 Å². The van der Waals surface area contributed by atoms with Crippen molar-refractivity contribution in [2.45, 2.75) is 25.0 Å². The minimum Gasteiger partial charge on any atom is -0.478 e. The summed E-state index contributed by atoms with van der Waals surface area (Å²) in [5.74, 6) is -1.26. The van der Waals surface area contributed by atoms with Crippen LogP contribution in [0, 0.1) is 5.82 Å². The first-order valence-corrected chi connectivity index (χ1v) is 5.53. The van der Waals surface area contributed by atoms with Crippen LogP contribution in [0.25, 0.3) is 0 Å². The van der Waals surface area contributed by atoms with Crippen LogP contribution in [-0.4, -0.2) is 29.8 Å². The van der Waals surface area contributed by atoms with E-state index in [9.17, 15) is 9.18 Å². The summed E-state index contributed by atoms with van der Waals surface area (Å²) in [6.45, 7) is 0.233. The number of rotatable bonds is 6. The molecule has 1 aliphatic carbocycles. The Morgan fingerprint density at radius 3 is 2.94 bits per heavy atom. The molecule has 2 N–H and O–H groups in total. The lowest BCUT2D eigenvalue weighted by Crippen LogP contribution is -2.38. The van der Waals surface area contributed by atoms with Crippen molar-refractivity contribution < 1.29 is 19.0 Å². The second-order valence-corrected chi connectivity index (χ2v) is 4.08. The smallest absolute Gasteiger partial charge is 0.346 e. The van der Waals surface area contributed by atoms with Gasteiger partial charge in [0.25, 0.3) is 0 Å². The van der Waals surface area contributed by atoms with E-state index in [4.69, 9.17) is 9.84 Å². The number of carbonyl (C=O) groups is 1. The summed E-state index contributed by atoms with van der Waals surface area (Å²) in [5.41, 5.74) is 0. The maximum absolute atomic E-state index is 12.9. The van der Waals surface area contributed by atoms with Crippen LogP contribution in [0.1, 0.15) is 12.8 Å². The van der Waals surface area contributed by atoms with Gasteiger partial charge in [0.15, 0.2) is 0 Å². The standard InChI is InChI=1S/C12H14FNO3/c13-8-2-1-3-10(6-8)17-11(12(15)16)7-14-9-4-5-9/h1-3,6,9,11,14H,4-5,7H2,(H,15,16). The van der Waals surface area contributed by atoms with Gasteiger partial charge in [-0.25, -0.2) is 9.18 Å². The highest BCUT2D eigenvalue weighted by Crippen LogP contribution is 2.19. The van der Waals surface area contributed by atoms with Gasteiger partial charge in [-0.3, -0.25) is 0 Å². The molecule has 0 aromatic heterocycles. The number of aliphatic carboxylic acids is 1. The number of carboxylic acids is 1. The van der Waals surface area contributed by atoms with E-state index < -0.39 is 17.9 Å². The Hall–Kier alpha value is -1.62. The van der Waals surface area contributed by atoms with Crippen molar-refractivity contribution in [3.8, 4) is 5.75 Å². The summed E-state index contributed by atoms with van der Waals surface area (Å²) in [7, 11) is 0. The molecule has 0 radical (unpaired) electrons. The molecule has 1 unspecified atom stereocenters. The first-order chi connectivity index (χ1) is 8.15. The molecule has 0 amide bonds. The fourth-order valence-corrected chi connectivity index (χ4v) is 1.45. The van der Waals surface area contributed by atoms with Gasteiger partial charge < -0.3 is 15.2 Å². The number of hydrogen-bond acceptors (Lipinski definition) is 3. The van der Waals surface area contributed by atoms with E-state index in [1.165, 1.54) is 24.3 Å². The fourth-order valence-electron chi connectivity index (χ4n) is 1.45. The Kier molecular flexibility index (Phi) is 3.58. The van der Waals surface area contributed by atoms with Gasteiger partial charge >= 0.3 is 5.97 Å². The lowest BCUT2D eigenvalue weighted by atomic mass is 10.3. The Morgan fingerprint density at radius 1 is 1.59 bits per heavy atom. The maximum atomic E-state index is 12.9. The quantitative estimate of drug-likeness (QED) is 0.788. The number of ether oxygens (including phenoxy) is 1. The molecular weight excluding hydrogens is 225 g/mol. The van der Waals surface area contributed by atoms with Gasteiger partial charge in [-0.2, -0.15) is 0 Å². The average molecular weight is 239 g/mol. The van der Waals surface area contributed by atoms with Gasteiger partial charge in [0.2, 0.25) is 6.10 Å². The molecule has 17 heavy (non-hydrogen) atoms. The molecule has 0 aliphatic heterocycles. The van der Waals surface area contributed by atoms with Gasteiger partial charge in [0, 0.05) is 18.7 Å². The molecule has 1 aliphatic rings. The molecule has 1 aromatic carbocycles. The molecule has 0 heterocycles. The molecule has 0 bridgehead atoms. The lowest BCUT2D eigenvalue weighted by Gasteiger charge is -2.15. The van der Waals surface area contributed by atoms with Gasteiger partial charge in [0.05, 0.1) is 0 Å². The zero-order chi connectivity index (χ0) is 12.3. The van der Waals surface area contributed by atoms with Crippen LogP contribution in [0.15, 0.2) is 24.3 Å². The predicted molar refractivity (Wildman–Crippen MR) is 59.5 cm³/mol. The van der Waals surface area contributed by atoms with Crippen LogP contribution in [0.5, 0.6) is 5.75 Å². The van der Waals surface area contributed by atoms with Gasteiger partial charge in [-0.1, -0.05) is 6.07 Å². The first kappa shape index (κ1) is 11.9. The highest BCUT2D eigenvalue weighted by atomic mass is 19.1. The van der Waals surface area contributed by atoms with E-state index in [-0.39, 0.29) is 12.3 Å². The fraction of sp³-hybridized carbons (Fsp3) is 0.417. The summed E-state index contributed by atoms with van der Waals surface area (Å²) >= 11 is 0. The van der Waals surface area contributed by atoms with Crippen molar-refractivity contribution in [2.75, 3.05) is 6.54 Å². The second kappa shape index (κ2) is 5.14. The predicted octanol–water partition coefficient (Wildman–Crippen LogP) is 1.41. The van der Waals surface area contributed by atoms with Crippen LogP contribution in [0.3, 0.4) is 0 Å². The summed E-state index contributed by atoms with van der Waals surface area (Å²) in [6, 6.07) is 5.89. The summed E-state index contributed by atoms with van der Waals surface area (Å²) < 4.78 is 18.1. The molecule has 0 spiro atoms. The third kappa shape index (κ3) is 3.71. The van der Waals surface area contributed by atoms with E-state index >= 15 is 0 Å². The topological polar surface area (TPSA) is 58.6 Å². The molecule has 92 valence electrons. The number of halogens is 1. The van der Waals surface area contributed by atoms with E-state index in [0.29, 0.717) is 6.04 Å². The molecule has 1 saturated carbocycles. The number of benzene rings is 1. The van der Waals surface area contributed by atoms with Crippen LogP contribution < -0.4 is 10.1 Å². The minimum absolute atomic E-state index is 0.231. The Morgan fingerprint density at radius 2 is 2.35 bits per heavy atom. The zero-order valence-corrected chi connectivity index (χ0v) is 9.23. The highest BCUT2D eigenvalue weighted by molar-refractivity contribution is 5.73. The first-order valence-electron chi connectivity index (χ1n) is 5.53. The molecule has 1 fully saturated rings. The van der Waals surface area contributed by atoms with Gasteiger partial charge in [-0.05, 0) is 25.0 Å². The van der Waals surface area contributed by atoms with Gasteiger partial charge in [0.1, 0.15) is 11.6 Å². The van der Waals surface area contributed by atoms with E-state index in [2.05, 4.69) is 5.32 Å². The minimum atomic E-state index is -1.05. The largest absolute Gasteiger partial charge is 0.478 e. The second-order valence-electron chi connectivity index (χ2n) is 4.08. The SMILES string of the molecule is O=C(O)C(CNC1CC1)Oc1cccc(F)c1. The van der Waals surface area contributed by atoms with Crippen molar-refractivity contribution in [1.82, 2.24) is 5.32 Å². The van der Waals surface area contributed by atoms with Crippen molar-refractivity contribution >= 4 is 5.97 Å². The zero-order valence-electron chi connectivity index (χ0n) is 9.23. The Bertz CT molecular complexity index is 406.